The zero-order valence-corrected chi connectivity index (χ0v) is 29.0. The van der Waals surface area contributed by atoms with Crippen LogP contribution in [0.3, 0.4) is 0 Å². The molecule has 240 valence electrons. The Balaban J connectivity index is 2.70. The van der Waals surface area contributed by atoms with Gasteiger partial charge >= 0.3 is 0 Å². The normalized spacial score (nSPS) is 14.8. The highest BCUT2D eigenvalue weighted by molar-refractivity contribution is 6.10. The van der Waals surface area contributed by atoms with E-state index in [1.165, 1.54) is 24.0 Å². The van der Waals surface area contributed by atoms with E-state index in [1.54, 1.807) is 13.2 Å². The quantitative estimate of drug-likeness (QED) is 0.0947. The molecule has 0 aliphatic heterocycles. The molecule has 0 amide bonds. The highest BCUT2D eigenvalue weighted by Crippen LogP contribution is 2.39. The van der Waals surface area contributed by atoms with Crippen LogP contribution in [-0.2, 0) is 0 Å². The predicted molar refractivity (Wildman–Crippen MR) is 186 cm³/mol. The molecule has 1 N–H and O–H groups in total. The van der Waals surface area contributed by atoms with Crippen LogP contribution in [0, 0.1) is 0 Å². The van der Waals surface area contributed by atoms with Gasteiger partial charge in [-0.15, -0.1) is 0 Å². The fraction of sp³-hybridized carbons (Fsp3) is 0.625. The number of allylic oxidation sites excluding steroid dienone is 1. The van der Waals surface area contributed by atoms with Crippen molar-refractivity contribution in [1.82, 2.24) is 0 Å². The molecule has 2 aromatic carbocycles. The minimum Gasteiger partial charge on any atom is -0.504 e. The average Bonchev–Trinajstić information content (AvgIpc) is 3.02. The molecular formula is C40H62O3. The van der Waals surface area contributed by atoms with Gasteiger partial charge in [-0.2, -0.15) is 0 Å². The summed E-state index contributed by atoms with van der Waals surface area (Å²) >= 11 is 0. The largest absolute Gasteiger partial charge is 0.504 e. The third kappa shape index (κ3) is 10.3. The maximum absolute atomic E-state index is 14.2. The van der Waals surface area contributed by atoms with E-state index in [2.05, 4.69) is 73.6 Å². The molecule has 2 aromatic rings. The fourth-order valence-corrected chi connectivity index (χ4v) is 6.53. The molecule has 0 aliphatic carbocycles. The number of unbranched alkanes of at least 4 members (excludes halogenated alkanes) is 4. The summed E-state index contributed by atoms with van der Waals surface area (Å²) in [5, 5.41) is 11.6. The first-order chi connectivity index (χ1) is 20.6. The number of hydrogen-bond acceptors (Lipinski definition) is 3. The van der Waals surface area contributed by atoms with E-state index in [4.69, 9.17) is 4.74 Å². The topological polar surface area (TPSA) is 46.5 Å². The number of hydrogen-bond donors (Lipinski definition) is 1. The third-order valence-electron chi connectivity index (χ3n) is 9.37. The summed E-state index contributed by atoms with van der Waals surface area (Å²) < 4.78 is 5.98. The number of ketones is 1. The Hall–Kier alpha value is -2.55. The first-order valence-corrected chi connectivity index (χ1v) is 17.4. The average molecular weight is 591 g/mol. The lowest BCUT2D eigenvalue weighted by atomic mass is 9.80. The predicted octanol–water partition coefficient (Wildman–Crippen LogP) is 12.7. The second kappa shape index (κ2) is 19.0. The maximum atomic E-state index is 14.2. The van der Waals surface area contributed by atoms with Gasteiger partial charge in [0.1, 0.15) is 5.75 Å². The van der Waals surface area contributed by atoms with Crippen LogP contribution < -0.4 is 4.74 Å². The Kier molecular flexibility index (Phi) is 16.2. The SMILES string of the molecule is CCCCC(C)c1cc(/C=C(\O)C(=O)c2cccc(C(C)CCCC)c2C(C)CCCC)c(C(C)CCCC)c(OC)c1. The van der Waals surface area contributed by atoms with Crippen molar-refractivity contribution in [2.24, 2.45) is 0 Å². The molecule has 43 heavy (non-hydrogen) atoms. The van der Waals surface area contributed by atoms with E-state index in [9.17, 15) is 9.90 Å². The molecule has 0 spiro atoms. The lowest BCUT2D eigenvalue weighted by Crippen LogP contribution is -2.13. The summed E-state index contributed by atoms with van der Waals surface area (Å²) in [6, 6.07) is 10.5. The highest BCUT2D eigenvalue weighted by atomic mass is 16.5. The van der Waals surface area contributed by atoms with Gasteiger partial charge in [-0.05, 0) is 83.8 Å². The Morgan fingerprint density at radius 1 is 0.744 bits per heavy atom. The molecule has 0 heterocycles. The number of carbonyl (C=O) groups excluding carboxylic acids is 1. The minimum absolute atomic E-state index is 0.188. The Morgan fingerprint density at radius 3 is 1.79 bits per heavy atom. The van der Waals surface area contributed by atoms with Gasteiger partial charge in [-0.1, -0.05) is 131 Å². The molecule has 0 saturated heterocycles. The van der Waals surface area contributed by atoms with Crippen molar-refractivity contribution in [2.75, 3.05) is 7.11 Å². The lowest BCUT2D eigenvalue weighted by Gasteiger charge is -2.24. The molecule has 2 rings (SSSR count). The number of carbonyl (C=O) groups is 1. The van der Waals surface area contributed by atoms with Crippen molar-refractivity contribution in [3.05, 3.63) is 69.5 Å². The minimum atomic E-state index is -0.279. The number of ether oxygens (including phenoxy) is 1. The molecule has 0 bridgehead atoms. The molecule has 3 heteroatoms. The second-order valence-electron chi connectivity index (χ2n) is 13.1. The molecule has 3 nitrogen and oxygen atoms in total. The van der Waals surface area contributed by atoms with Crippen LogP contribution in [0.25, 0.3) is 6.08 Å². The van der Waals surface area contributed by atoms with Gasteiger partial charge in [0.2, 0.25) is 5.78 Å². The molecular weight excluding hydrogens is 528 g/mol. The summed E-state index contributed by atoms with van der Waals surface area (Å²) in [5.74, 6) is 1.62. The monoisotopic (exact) mass is 590 g/mol. The van der Waals surface area contributed by atoms with Crippen LogP contribution in [0.5, 0.6) is 5.75 Å². The van der Waals surface area contributed by atoms with Crippen molar-refractivity contribution in [3.8, 4) is 5.75 Å². The molecule has 0 aromatic heterocycles. The Morgan fingerprint density at radius 2 is 1.26 bits per heavy atom. The van der Waals surface area contributed by atoms with Gasteiger partial charge in [-0.3, -0.25) is 4.79 Å². The van der Waals surface area contributed by atoms with E-state index in [1.807, 2.05) is 12.1 Å². The molecule has 4 atom stereocenters. The van der Waals surface area contributed by atoms with Crippen molar-refractivity contribution in [1.29, 1.82) is 0 Å². The first kappa shape index (κ1) is 36.6. The molecule has 0 aliphatic rings. The number of benzene rings is 2. The van der Waals surface area contributed by atoms with Crippen molar-refractivity contribution >= 4 is 11.9 Å². The van der Waals surface area contributed by atoms with Gasteiger partial charge in [0.25, 0.3) is 0 Å². The maximum Gasteiger partial charge on any atom is 0.227 e. The van der Waals surface area contributed by atoms with Crippen LogP contribution in [0.2, 0.25) is 0 Å². The summed E-state index contributed by atoms with van der Waals surface area (Å²) in [6.45, 7) is 17.9. The number of methoxy groups -OCH3 is 1. The van der Waals surface area contributed by atoms with E-state index in [0.29, 0.717) is 17.4 Å². The van der Waals surface area contributed by atoms with Gasteiger partial charge in [0, 0.05) is 11.1 Å². The van der Waals surface area contributed by atoms with E-state index >= 15 is 0 Å². The van der Waals surface area contributed by atoms with E-state index in [0.717, 1.165) is 86.6 Å². The standard InChI is InChI=1S/C40H62O3/c1-10-14-19-28(5)32-25-33(38(37(27-32)43-9)30(7)21-16-12-3)26-36(41)40(42)35-24-18-23-34(29(6)20-15-11-2)39(35)31(8)22-17-13-4/h18,23-31,41H,10-17,19-22H2,1-9H3/b36-26-. The molecule has 0 radical (unpaired) electrons. The second-order valence-corrected chi connectivity index (χ2v) is 13.1. The van der Waals surface area contributed by atoms with E-state index in [-0.39, 0.29) is 23.4 Å². The number of aliphatic hydroxyl groups excluding tert-OH is 1. The number of Topliss-reactive ketones (excluding diaryl/α,β-unsaturated/α-hetero) is 1. The molecule has 4 unspecified atom stereocenters. The molecule has 0 saturated carbocycles. The van der Waals surface area contributed by atoms with Crippen LogP contribution in [0.4, 0.5) is 0 Å². The van der Waals surface area contributed by atoms with Crippen LogP contribution >= 0.6 is 0 Å². The van der Waals surface area contributed by atoms with Crippen molar-refractivity contribution < 1.29 is 14.6 Å². The van der Waals surface area contributed by atoms with Gasteiger partial charge in [-0.25, -0.2) is 0 Å². The highest BCUT2D eigenvalue weighted by Gasteiger charge is 2.25. The van der Waals surface area contributed by atoms with Crippen LogP contribution in [0.1, 0.15) is 194 Å². The van der Waals surface area contributed by atoms with Gasteiger partial charge in [0.05, 0.1) is 7.11 Å². The summed E-state index contributed by atoms with van der Waals surface area (Å²) in [6.07, 6.45) is 15.1. The van der Waals surface area contributed by atoms with Crippen LogP contribution in [0.15, 0.2) is 36.1 Å². The summed E-state index contributed by atoms with van der Waals surface area (Å²) in [7, 11) is 1.74. The number of rotatable bonds is 20. The van der Waals surface area contributed by atoms with Crippen molar-refractivity contribution in [2.45, 2.75) is 156 Å². The summed E-state index contributed by atoms with van der Waals surface area (Å²) in [5.41, 5.74) is 6.22. The van der Waals surface area contributed by atoms with Gasteiger partial charge < -0.3 is 9.84 Å². The zero-order chi connectivity index (χ0) is 31.9. The Labute approximate surface area is 264 Å². The lowest BCUT2D eigenvalue weighted by molar-refractivity contribution is 0.0978. The fourth-order valence-electron chi connectivity index (χ4n) is 6.53. The zero-order valence-electron chi connectivity index (χ0n) is 29.0. The smallest absolute Gasteiger partial charge is 0.227 e. The molecule has 0 fully saturated rings. The van der Waals surface area contributed by atoms with Gasteiger partial charge in [0.15, 0.2) is 5.76 Å². The first-order valence-electron chi connectivity index (χ1n) is 17.4. The Bertz CT molecular complexity index is 1160. The third-order valence-corrected chi connectivity index (χ3v) is 9.37. The van der Waals surface area contributed by atoms with Crippen molar-refractivity contribution in [3.63, 3.8) is 0 Å². The van der Waals surface area contributed by atoms with Crippen LogP contribution in [-0.4, -0.2) is 18.0 Å². The van der Waals surface area contributed by atoms with E-state index < -0.39 is 0 Å². The number of aliphatic hydroxyl groups is 1. The summed E-state index contributed by atoms with van der Waals surface area (Å²) in [4.78, 5) is 14.2.